The summed E-state index contributed by atoms with van der Waals surface area (Å²) in [7, 11) is 0. The van der Waals surface area contributed by atoms with Gasteiger partial charge >= 0.3 is 11.9 Å². The summed E-state index contributed by atoms with van der Waals surface area (Å²) in [5.41, 5.74) is 0. The monoisotopic (exact) mass is 230 g/mol. The molecule has 0 unspecified atom stereocenters. The number of carbonyl (C=O) groups is 3. The number of hydrogen-bond donors (Lipinski definition) is 1. The maximum absolute atomic E-state index is 10.7. The summed E-state index contributed by atoms with van der Waals surface area (Å²) < 4.78 is 9.26. The van der Waals surface area contributed by atoms with Gasteiger partial charge in [0.2, 0.25) is 0 Å². The highest BCUT2D eigenvalue weighted by Crippen LogP contribution is 2.03. The summed E-state index contributed by atoms with van der Waals surface area (Å²) in [6, 6.07) is 0. The lowest BCUT2D eigenvalue weighted by molar-refractivity contribution is -0.154. The maximum atomic E-state index is 10.7. The number of carbonyl (C=O) groups excluding carboxylic acids is 3. The Morgan fingerprint density at radius 2 is 1.94 bits per heavy atom. The Bertz CT molecular complexity index is 283. The van der Waals surface area contributed by atoms with Crippen molar-refractivity contribution in [3.05, 3.63) is 12.2 Å². The molecular formula is C10H14O6. The van der Waals surface area contributed by atoms with Gasteiger partial charge < -0.3 is 14.6 Å². The van der Waals surface area contributed by atoms with E-state index in [0.29, 0.717) is 6.29 Å². The molecule has 0 aliphatic rings. The molecule has 1 N–H and O–H groups in total. The van der Waals surface area contributed by atoms with Crippen LogP contribution in [0.4, 0.5) is 0 Å². The van der Waals surface area contributed by atoms with Gasteiger partial charge in [0.05, 0.1) is 0 Å². The van der Waals surface area contributed by atoms with Crippen LogP contribution in [-0.4, -0.2) is 42.1 Å². The number of aldehydes is 1. The molecular weight excluding hydrogens is 216 g/mol. The topological polar surface area (TPSA) is 89.9 Å². The van der Waals surface area contributed by atoms with Crippen molar-refractivity contribution in [1.29, 1.82) is 0 Å². The molecule has 6 heteroatoms. The first-order chi connectivity index (χ1) is 7.47. The van der Waals surface area contributed by atoms with E-state index in [-0.39, 0.29) is 6.61 Å². The molecule has 0 spiro atoms. The van der Waals surface area contributed by atoms with Crippen LogP contribution in [0, 0.1) is 0 Å². The third kappa shape index (κ3) is 6.72. The Morgan fingerprint density at radius 1 is 1.31 bits per heavy atom. The van der Waals surface area contributed by atoms with Crippen LogP contribution in [0.5, 0.6) is 0 Å². The van der Waals surface area contributed by atoms with Crippen molar-refractivity contribution in [3.8, 4) is 0 Å². The number of ether oxygens (including phenoxy) is 2. The average molecular weight is 230 g/mol. The van der Waals surface area contributed by atoms with Crippen molar-refractivity contribution in [3.63, 3.8) is 0 Å². The Labute approximate surface area is 92.8 Å². The van der Waals surface area contributed by atoms with Crippen LogP contribution in [0.1, 0.15) is 13.8 Å². The second-order valence-electron chi connectivity index (χ2n) is 2.96. The van der Waals surface area contributed by atoms with E-state index in [0.717, 1.165) is 6.08 Å². The van der Waals surface area contributed by atoms with E-state index in [1.807, 2.05) is 0 Å². The van der Waals surface area contributed by atoms with E-state index in [4.69, 9.17) is 4.74 Å². The molecule has 0 aromatic rings. The summed E-state index contributed by atoms with van der Waals surface area (Å²) in [4.78, 5) is 31.3. The molecule has 0 aromatic heterocycles. The largest absolute Gasteiger partial charge is 0.463 e. The molecule has 0 fully saturated rings. The van der Waals surface area contributed by atoms with Gasteiger partial charge in [0, 0.05) is 13.8 Å². The van der Waals surface area contributed by atoms with Crippen LogP contribution < -0.4 is 0 Å². The fourth-order valence-electron chi connectivity index (χ4n) is 0.890. The van der Waals surface area contributed by atoms with E-state index in [2.05, 4.69) is 4.74 Å². The zero-order valence-corrected chi connectivity index (χ0v) is 9.08. The van der Waals surface area contributed by atoms with Gasteiger partial charge in [-0.2, -0.15) is 0 Å². The van der Waals surface area contributed by atoms with Gasteiger partial charge in [-0.1, -0.05) is 0 Å². The first kappa shape index (κ1) is 14.3. The van der Waals surface area contributed by atoms with Gasteiger partial charge in [-0.25, -0.2) is 0 Å². The van der Waals surface area contributed by atoms with E-state index in [1.54, 1.807) is 0 Å². The fraction of sp³-hybridized carbons (Fsp3) is 0.500. The Balaban J connectivity index is 4.35. The van der Waals surface area contributed by atoms with Crippen LogP contribution in [0.2, 0.25) is 0 Å². The number of aliphatic hydroxyl groups excluding tert-OH is 1. The van der Waals surface area contributed by atoms with Gasteiger partial charge in [-0.05, 0) is 12.2 Å². The van der Waals surface area contributed by atoms with Crippen LogP contribution in [0.3, 0.4) is 0 Å². The first-order valence-corrected chi connectivity index (χ1v) is 4.58. The van der Waals surface area contributed by atoms with Crippen molar-refractivity contribution in [2.24, 2.45) is 0 Å². The quantitative estimate of drug-likeness (QED) is 0.379. The number of hydrogen-bond acceptors (Lipinski definition) is 6. The molecule has 0 amide bonds. The normalized spacial score (nSPS) is 14.2. The predicted octanol–water partition coefficient (Wildman–Crippen LogP) is -0.403. The van der Waals surface area contributed by atoms with E-state index >= 15 is 0 Å². The molecule has 0 rings (SSSR count). The Kier molecular flexibility index (Phi) is 6.78. The number of rotatable bonds is 6. The Morgan fingerprint density at radius 3 is 2.38 bits per heavy atom. The van der Waals surface area contributed by atoms with Crippen LogP contribution in [0.25, 0.3) is 0 Å². The first-order valence-electron chi connectivity index (χ1n) is 4.58. The smallest absolute Gasteiger partial charge is 0.303 e. The summed E-state index contributed by atoms with van der Waals surface area (Å²) >= 11 is 0. The molecule has 90 valence electrons. The molecule has 2 atom stereocenters. The Hall–Kier alpha value is -1.69. The molecule has 0 aliphatic heterocycles. The molecule has 0 saturated carbocycles. The molecule has 0 aromatic carbocycles. The minimum Gasteiger partial charge on any atom is -0.463 e. The van der Waals surface area contributed by atoms with Crippen molar-refractivity contribution in [2.45, 2.75) is 26.1 Å². The van der Waals surface area contributed by atoms with Gasteiger partial charge in [0.15, 0.2) is 0 Å². The maximum Gasteiger partial charge on any atom is 0.303 e. The summed E-state index contributed by atoms with van der Waals surface area (Å²) in [5, 5.41) is 9.51. The second kappa shape index (κ2) is 7.58. The number of esters is 2. The zero-order chi connectivity index (χ0) is 12.6. The molecule has 0 aliphatic carbocycles. The van der Waals surface area contributed by atoms with Crippen molar-refractivity contribution >= 4 is 18.2 Å². The molecule has 0 saturated heterocycles. The van der Waals surface area contributed by atoms with Crippen molar-refractivity contribution in [1.82, 2.24) is 0 Å². The highest BCUT2D eigenvalue weighted by molar-refractivity contribution is 5.68. The molecule has 0 radical (unpaired) electrons. The highest BCUT2D eigenvalue weighted by atomic mass is 16.6. The zero-order valence-electron chi connectivity index (χ0n) is 9.08. The number of allylic oxidation sites excluding steroid dienone is 1. The van der Waals surface area contributed by atoms with Crippen LogP contribution in [-0.2, 0) is 23.9 Å². The van der Waals surface area contributed by atoms with Gasteiger partial charge in [-0.15, -0.1) is 0 Å². The lowest BCUT2D eigenvalue weighted by Crippen LogP contribution is -2.33. The highest BCUT2D eigenvalue weighted by Gasteiger charge is 2.20. The third-order valence-corrected chi connectivity index (χ3v) is 1.52. The van der Waals surface area contributed by atoms with Crippen molar-refractivity contribution in [2.75, 3.05) is 6.61 Å². The van der Waals surface area contributed by atoms with Gasteiger partial charge in [-0.3, -0.25) is 14.4 Å². The van der Waals surface area contributed by atoms with Crippen molar-refractivity contribution < 1.29 is 29.0 Å². The van der Waals surface area contributed by atoms with Crippen LogP contribution >= 0.6 is 0 Å². The minimum absolute atomic E-state index is 0.309. The standard InChI is InChI=1S/C10H14O6/c1-7(12)15-6-9(14)10(4-3-5-11)16-8(2)13/h3-5,9-10,14H,6H2,1-2H3/b4-3+/t9-,10-/m1/s1. The molecule has 0 bridgehead atoms. The molecule has 6 nitrogen and oxygen atoms in total. The van der Waals surface area contributed by atoms with E-state index in [9.17, 15) is 19.5 Å². The predicted molar refractivity (Wildman–Crippen MR) is 53.4 cm³/mol. The minimum atomic E-state index is -1.20. The molecule has 0 heterocycles. The summed E-state index contributed by atoms with van der Waals surface area (Å²) in [6.45, 7) is 2.05. The van der Waals surface area contributed by atoms with Crippen LogP contribution in [0.15, 0.2) is 12.2 Å². The number of aliphatic hydroxyl groups is 1. The summed E-state index contributed by atoms with van der Waals surface area (Å²) in [6.07, 6.45) is 0.563. The molecule has 16 heavy (non-hydrogen) atoms. The lowest BCUT2D eigenvalue weighted by Gasteiger charge is -2.18. The van der Waals surface area contributed by atoms with E-state index < -0.39 is 24.1 Å². The van der Waals surface area contributed by atoms with Gasteiger partial charge in [0.25, 0.3) is 0 Å². The average Bonchev–Trinajstić information content (AvgIpc) is 2.20. The van der Waals surface area contributed by atoms with Gasteiger partial charge in [0.1, 0.15) is 25.1 Å². The SMILES string of the molecule is CC(=O)OC[C@@H](O)[C@@H](/C=C/C=O)OC(C)=O. The summed E-state index contributed by atoms with van der Waals surface area (Å²) in [5.74, 6) is -1.16. The lowest BCUT2D eigenvalue weighted by atomic mass is 10.2. The third-order valence-electron chi connectivity index (χ3n) is 1.52. The second-order valence-corrected chi connectivity index (χ2v) is 2.96. The fourth-order valence-corrected chi connectivity index (χ4v) is 0.890. The van der Waals surface area contributed by atoms with E-state index in [1.165, 1.54) is 19.9 Å².